The van der Waals surface area contributed by atoms with Gasteiger partial charge in [0.1, 0.15) is 0 Å². The zero-order valence-electron chi connectivity index (χ0n) is 17.2. The summed E-state index contributed by atoms with van der Waals surface area (Å²) in [7, 11) is 0. The number of rotatable bonds is 5. The lowest BCUT2D eigenvalue weighted by atomic mass is 10.1. The molecule has 1 aliphatic heterocycles. The fraction of sp³-hybridized carbons (Fsp3) is 0.455. The van der Waals surface area contributed by atoms with Gasteiger partial charge in [-0.1, -0.05) is 17.7 Å². The Kier molecular flexibility index (Phi) is 5.77. The molecule has 150 valence electrons. The number of benzene rings is 1. The molecule has 1 aliphatic rings. The van der Waals surface area contributed by atoms with Gasteiger partial charge in [-0.3, -0.25) is 4.79 Å². The predicted octanol–water partition coefficient (Wildman–Crippen LogP) is 3.02. The lowest BCUT2D eigenvalue weighted by Gasteiger charge is -2.37. The van der Waals surface area contributed by atoms with Crippen molar-refractivity contribution < 1.29 is 14.7 Å². The van der Waals surface area contributed by atoms with Crippen LogP contribution in [-0.4, -0.2) is 52.6 Å². The quantitative estimate of drug-likeness (QED) is 0.862. The van der Waals surface area contributed by atoms with E-state index in [0.717, 1.165) is 13.1 Å². The molecule has 1 aromatic heterocycles. The summed E-state index contributed by atoms with van der Waals surface area (Å²) in [6.45, 7) is 11.5. The summed E-state index contributed by atoms with van der Waals surface area (Å²) in [5.74, 6) is -0.970. The zero-order valence-corrected chi connectivity index (χ0v) is 17.2. The van der Waals surface area contributed by atoms with Crippen LogP contribution in [0.2, 0.25) is 0 Å². The molecule has 1 saturated heterocycles. The molecule has 1 aromatic carbocycles. The Morgan fingerprint density at radius 1 is 1.04 bits per heavy atom. The minimum absolute atomic E-state index is 0.00409. The van der Waals surface area contributed by atoms with Crippen LogP contribution in [0.4, 0.5) is 5.69 Å². The number of hydrogen-bond acceptors (Lipinski definition) is 3. The van der Waals surface area contributed by atoms with E-state index in [-0.39, 0.29) is 17.9 Å². The van der Waals surface area contributed by atoms with E-state index in [4.69, 9.17) is 0 Å². The Hall–Kier alpha value is -2.76. The molecule has 0 bridgehead atoms. The van der Waals surface area contributed by atoms with E-state index in [1.807, 2.05) is 22.6 Å². The Bertz CT molecular complexity index is 893. The lowest BCUT2D eigenvalue weighted by Crippen LogP contribution is -2.49. The van der Waals surface area contributed by atoms with Crippen LogP contribution >= 0.6 is 0 Å². The number of amides is 1. The second kappa shape index (κ2) is 8.09. The molecule has 0 aliphatic carbocycles. The lowest BCUT2D eigenvalue weighted by molar-refractivity contribution is -0.130. The summed E-state index contributed by atoms with van der Waals surface area (Å²) in [5, 5.41) is 9.54. The standard InChI is InChI=1S/C22H29N3O3/c1-5-23-14-17(4)21(22(27)28)19(23)13-20(26)25-10-8-24(9-11-25)18-7-6-15(2)12-16(18)3/h6-7,12,14H,5,8-11,13H2,1-4H3,(H,27,28). The summed E-state index contributed by atoms with van der Waals surface area (Å²) < 4.78 is 1.88. The van der Waals surface area contributed by atoms with Gasteiger partial charge in [-0.2, -0.15) is 0 Å². The molecule has 3 rings (SSSR count). The molecule has 0 unspecified atom stereocenters. The first-order valence-electron chi connectivity index (χ1n) is 9.83. The van der Waals surface area contributed by atoms with Crippen LogP contribution in [-0.2, 0) is 17.8 Å². The van der Waals surface area contributed by atoms with Crippen molar-refractivity contribution in [3.8, 4) is 0 Å². The van der Waals surface area contributed by atoms with Gasteiger partial charge in [0.25, 0.3) is 0 Å². The molecule has 1 amide bonds. The van der Waals surface area contributed by atoms with E-state index in [9.17, 15) is 14.7 Å². The maximum Gasteiger partial charge on any atom is 0.337 e. The van der Waals surface area contributed by atoms with Gasteiger partial charge in [-0.25, -0.2) is 4.79 Å². The van der Waals surface area contributed by atoms with E-state index < -0.39 is 5.97 Å². The number of aromatic nitrogens is 1. The zero-order chi connectivity index (χ0) is 20.4. The number of carboxylic acids is 1. The average molecular weight is 383 g/mol. The van der Waals surface area contributed by atoms with E-state index in [1.54, 1.807) is 6.92 Å². The van der Waals surface area contributed by atoms with Crippen molar-refractivity contribution in [2.75, 3.05) is 31.1 Å². The minimum atomic E-state index is -0.966. The van der Waals surface area contributed by atoms with Crippen molar-refractivity contribution in [1.29, 1.82) is 0 Å². The molecule has 0 atom stereocenters. The fourth-order valence-electron chi connectivity index (χ4n) is 4.12. The number of carbonyl (C=O) groups is 2. The molecule has 2 heterocycles. The maximum atomic E-state index is 12.9. The number of hydrogen-bond donors (Lipinski definition) is 1. The summed E-state index contributed by atoms with van der Waals surface area (Å²) >= 11 is 0. The van der Waals surface area contributed by atoms with E-state index in [1.165, 1.54) is 16.8 Å². The van der Waals surface area contributed by atoms with Crippen LogP contribution in [0.1, 0.15) is 39.7 Å². The summed E-state index contributed by atoms with van der Waals surface area (Å²) in [6, 6.07) is 6.45. The number of carboxylic acid groups (broad SMARTS) is 1. The Labute approximate surface area is 166 Å². The first-order valence-corrected chi connectivity index (χ1v) is 9.83. The molecule has 1 N–H and O–H groups in total. The number of nitrogens with zero attached hydrogens (tertiary/aromatic N) is 3. The first kappa shape index (κ1) is 20.0. The molecule has 6 heteroatoms. The molecule has 0 spiro atoms. The summed E-state index contributed by atoms with van der Waals surface area (Å²) in [6.07, 6.45) is 1.96. The van der Waals surface area contributed by atoms with Gasteiger partial charge in [0.2, 0.25) is 5.91 Å². The highest BCUT2D eigenvalue weighted by molar-refractivity contribution is 5.93. The number of piperazine rings is 1. The SMILES string of the molecule is CCn1cc(C)c(C(=O)O)c1CC(=O)N1CCN(c2ccc(C)cc2C)CC1. The van der Waals surface area contributed by atoms with E-state index in [0.29, 0.717) is 30.9 Å². The van der Waals surface area contributed by atoms with Crippen molar-refractivity contribution in [3.63, 3.8) is 0 Å². The van der Waals surface area contributed by atoms with Crippen molar-refractivity contribution in [3.05, 3.63) is 52.3 Å². The van der Waals surface area contributed by atoms with E-state index in [2.05, 4.69) is 36.9 Å². The minimum Gasteiger partial charge on any atom is -0.478 e. The number of aromatic carboxylic acids is 1. The van der Waals surface area contributed by atoms with Crippen LogP contribution in [0.15, 0.2) is 24.4 Å². The smallest absolute Gasteiger partial charge is 0.337 e. The van der Waals surface area contributed by atoms with Gasteiger partial charge in [-0.15, -0.1) is 0 Å². The van der Waals surface area contributed by atoms with Crippen LogP contribution in [0.5, 0.6) is 0 Å². The van der Waals surface area contributed by atoms with Gasteiger partial charge >= 0.3 is 5.97 Å². The normalized spacial score (nSPS) is 14.4. The van der Waals surface area contributed by atoms with Gasteiger partial charge in [0.15, 0.2) is 0 Å². The third-order valence-electron chi connectivity index (χ3n) is 5.58. The Balaban J connectivity index is 1.69. The highest BCUT2D eigenvalue weighted by Crippen LogP contribution is 2.23. The van der Waals surface area contributed by atoms with Gasteiger partial charge < -0.3 is 19.5 Å². The van der Waals surface area contributed by atoms with Crippen LogP contribution in [0.3, 0.4) is 0 Å². The van der Waals surface area contributed by atoms with Crippen molar-refractivity contribution in [1.82, 2.24) is 9.47 Å². The molecule has 28 heavy (non-hydrogen) atoms. The Morgan fingerprint density at radius 3 is 2.29 bits per heavy atom. The van der Waals surface area contributed by atoms with Gasteiger partial charge in [0.05, 0.1) is 12.0 Å². The third kappa shape index (κ3) is 3.91. The maximum absolute atomic E-state index is 12.9. The predicted molar refractivity (Wildman–Crippen MR) is 110 cm³/mol. The molecule has 0 radical (unpaired) electrons. The molecule has 2 aromatic rings. The largest absolute Gasteiger partial charge is 0.478 e. The average Bonchev–Trinajstić information content (AvgIpc) is 2.97. The highest BCUT2D eigenvalue weighted by atomic mass is 16.4. The summed E-state index contributed by atoms with van der Waals surface area (Å²) in [4.78, 5) is 28.7. The molecule has 6 nitrogen and oxygen atoms in total. The Morgan fingerprint density at radius 2 is 1.71 bits per heavy atom. The topological polar surface area (TPSA) is 65.8 Å². The van der Waals surface area contributed by atoms with E-state index >= 15 is 0 Å². The van der Waals surface area contributed by atoms with Gasteiger partial charge in [-0.05, 0) is 44.9 Å². The van der Waals surface area contributed by atoms with Crippen molar-refractivity contribution in [2.45, 2.75) is 40.7 Å². The number of carbonyl (C=O) groups excluding carboxylic acids is 1. The third-order valence-corrected chi connectivity index (χ3v) is 5.58. The molecular weight excluding hydrogens is 354 g/mol. The van der Waals surface area contributed by atoms with Crippen LogP contribution in [0, 0.1) is 20.8 Å². The molecular formula is C22H29N3O3. The molecule has 1 fully saturated rings. The fourth-order valence-corrected chi connectivity index (χ4v) is 4.12. The summed E-state index contributed by atoms with van der Waals surface area (Å²) in [5.41, 5.74) is 5.30. The molecule has 0 saturated carbocycles. The monoisotopic (exact) mass is 383 g/mol. The number of anilines is 1. The number of aryl methyl sites for hydroxylation is 4. The first-order chi connectivity index (χ1) is 13.3. The second-order valence-corrected chi connectivity index (χ2v) is 7.56. The second-order valence-electron chi connectivity index (χ2n) is 7.56. The van der Waals surface area contributed by atoms with Gasteiger partial charge in [0, 0.05) is 50.3 Å². The van der Waals surface area contributed by atoms with Crippen LogP contribution < -0.4 is 4.90 Å². The van der Waals surface area contributed by atoms with Crippen molar-refractivity contribution >= 4 is 17.6 Å². The van der Waals surface area contributed by atoms with Crippen molar-refractivity contribution in [2.24, 2.45) is 0 Å². The highest BCUT2D eigenvalue weighted by Gasteiger charge is 2.26. The van der Waals surface area contributed by atoms with Crippen LogP contribution in [0.25, 0.3) is 0 Å².